The van der Waals surface area contributed by atoms with Crippen LogP contribution in [0.25, 0.3) is 0 Å². The Labute approximate surface area is 125 Å². The van der Waals surface area contributed by atoms with Gasteiger partial charge in [-0.25, -0.2) is 0 Å². The molecule has 0 saturated heterocycles. The number of carbonyl (C=O) groups is 1. The topological polar surface area (TPSA) is 50.4 Å². The molecule has 5 heteroatoms. The summed E-state index contributed by atoms with van der Waals surface area (Å²) in [5, 5.41) is 6.54. The lowest BCUT2D eigenvalue weighted by molar-refractivity contribution is -0.115. The summed E-state index contributed by atoms with van der Waals surface area (Å²) in [6, 6.07) is 7.06. The van der Waals surface area contributed by atoms with E-state index in [4.69, 9.17) is 16.3 Å². The average Bonchev–Trinajstić information content (AvgIpc) is 2.44. The Morgan fingerprint density at radius 3 is 2.60 bits per heavy atom. The van der Waals surface area contributed by atoms with Crippen LogP contribution in [-0.4, -0.2) is 32.2 Å². The van der Waals surface area contributed by atoms with Gasteiger partial charge in [0, 0.05) is 23.9 Å². The molecular formula is C15H23ClN2O2. The van der Waals surface area contributed by atoms with Crippen molar-refractivity contribution in [1.29, 1.82) is 0 Å². The number of nitrogens with one attached hydrogen (secondary N) is 2. The first-order valence-electron chi connectivity index (χ1n) is 7.06. The fourth-order valence-electron chi connectivity index (χ4n) is 1.59. The van der Waals surface area contributed by atoms with E-state index in [0.717, 1.165) is 44.7 Å². The summed E-state index contributed by atoms with van der Waals surface area (Å²) in [5.74, 6) is -0.0563. The van der Waals surface area contributed by atoms with Crippen molar-refractivity contribution in [2.45, 2.75) is 26.2 Å². The zero-order valence-corrected chi connectivity index (χ0v) is 12.7. The van der Waals surface area contributed by atoms with Crippen molar-refractivity contribution >= 4 is 23.2 Å². The summed E-state index contributed by atoms with van der Waals surface area (Å²) in [7, 11) is 0. The van der Waals surface area contributed by atoms with E-state index >= 15 is 0 Å². The molecule has 2 N–H and O–H groups in total. The van der Waals surface area contributed by atoms with Crippen LogP contribution in [0.3, 0.4) is 0 Å². The molecule has 4 nitrogen and oxygen atoms in total. The smallest absolute Gasteiger partial charge is 0.238 e. The summed E-state index contributed by atoms with van der Waals surface area (Å²) in [6.45, 7) is 4.79. The molecule has 1 aromatic rings. The number of benzene rings is 1. The van der Waals surface area contributed by atoms with Gasteiger partial charge in [-0.1, -0.05) is 24.9 Å². The standard InChI is InChI=1S/C15H23ClN2O2/c1-2-3-10-20-11-4-9-17-12-15(19)18-14-7-5-13(16)6-8-14/h5-8,17H,2-4,9-12H2,1H3,(H,18,19). The zero-order chi connectivity index (χ0) is 14.6. The van der Waals surface area contributed by atoms with Gasteiger partial charge in [0.2, 0.25) is 5.91 Å². The van der Waals surface area contributed by atoms with Crippen molar-refractivity contribution in [3.05, 3.63) is 29.3 Å². The Morgan fingerprint density at radius 1 is 1.20 bits per heavy atom. The lowest BCUT2D eigenvalue weighted by Crippen LogP contribution is -2.29. The molecule has 0 spiro atoms. The highest BCUT2D eigenvalue weighted by atomic mass is 35.5. The maximum atomic E-state index is 11.6. The molecule has 0 radical (unpaired) electrons. The van der Waals surface area contributed by atoms with Crippen molar-refractivity contribution in [1.82, 2.24) is 5.32 Å². The molecule has 112 valence electrons. The third-order valence-corrected chi connectivity index (χ3v) is 2.95. The summed E-state index contributed by atoms with van der Waals surface area (Å²) in [4.78, 5) is 11.6. The second kappa shape index (κ2) is 10.7. The van der Waals surface area contributed by atoms with E-state index in [1.807, 2.05) is 0 Å². The number of anilines is 1. The van der Waals surface area contributed by atoms with Gasteiger partial charge in [0.15, 0.2) is 0 Å². The van der Waals surface area contributed by atoms with Crippen LogP contribution in [0.4, 0.5) is 5.69 Å². The number of carbonyl (C=O) groups excluding carboxylic acids is 1. The molecule has 0 atom stereocenters. The lowest BCUT2D eigenvalue weighted by Gasteiger charge is -2.07. The summed E-state index contributed by atoms with van der Waals surface area (Å²) in [6.07, 6.45) is 3.18. The van der Waals surface area contributed by atoms with E-state index in [-0.39, 0.29) is 5.91 Å². The van der Waals surface area contributed by atoms with Gasteiger partial charge in [0.05, 0.1) is 6.54 Å². The van der Waals surface area contributed by atoms with E-state index in [2.05, 4.69) is 17.6 Å². The molecule has 0 aliphatic carbocycles. The van der Waals surface area contributed by atoms with Gasteiger partial charge in [-0.2, -0.15) is 0 Å². The van der Waals surface area contributed by atoms with Crippen LogP contribution in [0, 0.1) is 0 Å². The van der Waals surface area contributed by atoms with Gasteiger partial charge < -0.3 is 15.4 Å². The predicted octanol–water partition coefficient (Wildman–Crippen LogP) is 3.07. The van der Waals surface area contributed by atoms with Crippen LogP contribution < -0.4 is 10.6 Å². The van der Waals surface area contributed by atoms with E-state index in [1.165, 1.54) is 0 Å². The second-order valence-electron chi connectivity index (χ2n) is 4.55. The minimum absolute atomic E-state index is 0.0563. The van der Waals surface area contributed by atoms with Crippen molar-refractivity contribution in [3.63, 3.8) is 0 Å². The second-order valence-corrected chi connectivity index (χ2v) is 4.99. The zero-order valence-electron chi connectivity index (χ0n) is 12.0. The predicted molar refractivity (Wildman–Crippen MR) is 83.3 cm³/mol. The third kappa shape index (κ3) is 8.15. The Hall–Kier alpha value is -1.10. The molecule has 0 fully saturated rings. The molecule has 0 heterocycles. The highest BCUT2D eigenvalue weighted by molar-refractivity contribution is 6.30. The maximum absolute atomic E-state index is 11.6. The number of unbranched alkanes of at least 4 members (excludes halogenated alkanes) is 1. The van der Waals surface area contributed by atoms with Gasteiger partial charge in [-0.05, 0) is 43.7 Å². The summed E-state index contributed by atoms with van der Waals surface area (Å²) >= 11 is 5.78. The number of hydrogen-bond donors (Lipinski definition) is 2. The molecule has 0 aromatic heterocycles. The largest absolute Gasteiger partial charge is 0.381 e. The minimum Gasteiger partial charge on any atom is -0.381 e. The molecule has 1 amide bonds. The number of halogens is 1. The Morgan fingerprint density at radius 2 is 1.90 bits per heavy atom. The number of rotatable bonds is 10. The SMILES string of the molecule is CCCCOCCCNCC(=O)Nc1ccc(Cl)cc1. The van der Waals surface area contributed by atoms with E-state index in [0.29, 0.717) is 11.6 Å². The first-order valence-corrected chi connectivity index (χ1v) is 7.44. The quantitative estimate of drug-likeness (QED) is 0.653. The van der Waals surface area contributed by atoms with Crippen molar-refractivity contribution in [3.8, 4) is 0 Å². The van der Waals surface area contributed by atoms with Gasteiger partial charge in [0.1, 0.15) is 0 Å². The van der Waals surface area contributed by atoms with Crippen LogP contribution in [0.5, 0.6) is 0 Å². The lowest BCUT2D eigenvalue weighted by atomic mass is 10.3. The van der Waals surface area contributed by atoms with E-state index in [9.17, 15) is 4.79 Å². The van der Waals surface area contributed by atoms with Gasteiger partial charge in [0.25, 0.3) is 0 Å². The molecule has 0 aliphatic rings. The number of amides is 1. The molecule has 1 aromatic carbocycles. The number of hydrogen-bond acceptors (Lipinski definition) is 3. The molecule has 20 heavy (non-hydrogen) atoms. The summed E-state index contributed by atoms with van der Waals surface area (Å²) in [5.41, 5.74) is 0.754. The monoisotopic (exact) mass is 298 g/mol. The number of ether oxygens (including phenoxy) is 1. The van der Waals surface area contributed by atoms with E-state index < -0.39 is 0 Å². The van der Waals surface area contributed by atoms with Gasteiger partial charge in [-0.15, -0.1) is 0 Å². The normalized spacial score (nSPS) is 10.5. The van der Waals surface area contributed by atoms with Crippen molar-refractivity contribution < 1.29 is 9.53 Å². The third-order valence-electron chi connectivity index (χ3n) is 2.70. The molecule has 0 aliphatic heterocycles. The van der Waals surface area contributed by atoms with Crippen LogP contribution in [0.15, 0.2) is 24.3 Å². The Bertz CT molecular complexity index is 382. The molecule has 0 saturated carbocycles. The van der Waals surface area contributed by atoms with Gasteiger partial charge >= 0.3 is 0 Å². The Balaban J connectivity index is 2.01. The first-order chi connectivity index (χ1) is 9.72. The van der Waals surface area contributed by atoms with Crippen molar-refractivity contribution in [2.75, 3.05) is 31.6 Å². The van der Waals surface area contributed by atoms with Crippen molar-refractivity contribution in [2.24, 2.45) is 0 Å². The highest BCUT2D eigenvalue weighted by Gasteiger charge is 2.01. The van der Waals surface area contributed by atoms with E-state index in [1.54, 1.807) is 24.3 Å². The molecule has 0 unspecified atom stereocenters. The highest BCUT2D eigenvalue weighted by Crippen LogP contribution is 2.12. The minimum atomic E-state index is -0.0563. The van der Waals surface area contributed by atoms with Crippen LogP contribution in [0.2, 0.25) is 5.02 Å². The summed E-state index contributed by atoms with van der Waals surface area (Å²) < 4.78 is 5.43. The van der Waals surface area contributed by atoms with Crippen LogP contribution in [-0.2, 0) is 9.53 Å². The van der Waals surface area contributed by atoms with Crippen LogP contribution in [0.1, 0.15) is 26.2 Å². The van der Waals surface area contributed by atoms with Crippen LogP contribution >= 0.6 is 11.6 Å². The average molecular weight is 299 g/mol. The molecule has 0 bridgehead atoms. The fourth-order valence-corrected chi connectivity index (χ4v) is 1.71. The maximum Gasteiger partial charge on any atom is 0.238 e. The first kappa shape index (κ1) is 17.0. The molecular weight excluding hydrogens is 276 g/mol. The molecule has 1 rings (SSSR count). The van der Waals surface area contributed by atoms with Gasteiger partial charge in [-0.3, -0.25) is 4.79 Å². The fraction of sp³-hybridized carbons (Fsp3) is 0.533. The Kier molecular flexibility index (Phi) is 9.04.